The van der Waals surface area contributed by atoms with Gasteiger partial charge in [0.15, 0.2) is 0 Å². The third kappa shape index (κ3) is 2.95. The maximum atomic E-state index is 4.52. The van der Waals surface area contributed by atoms with Crippen LogP contribution in [0.15, 0.2) is 16.6 Å². The lowest BCUT2D eigenvalue weighted by molar-refractivity contribution is 0.260. The van der Waals surface area contributed by atoms with Crippen LogP contribution in [0.2, 0.25) is 0 Å². The van der Waals surface area contributed by atoms with E-state index in [1.165, 1.54) is 19.4 Å². The Morgan fingerprint density at radius 3 is 3.00 bits per heavy atom. The number of nitrogens with zero attached hydrogens (tertiary/aromatic N) is 2. The van der Waals surface area contributed by atoms with Crippen molar-refractivity contribution < 1.29 is 0 Å². The Morgan fingerprint density at radius 1 is 1.50 bits per heavy atom. The fourth-order valence-corrected chi connectivity index (χ4v) is 2.34. The number of nitrogens with one attached hydrogen (secondary N) is 1. The van der Waals surface area contributed by atoms with Crippen LogP contribution in [-0.4, -0.2) is 36.1 Å². The summed E-state index contributed by atoms with van der Waals surface area (Å²) in [7, 11) is 2.17. The molecular weight excluding hydrogens is 266 g/mol. The number of pyridine rings is 1. The minimum atomic E-state index is 0.534. The highest BCUT2D eigenvalue weighted by molar-refractivity contribution is 9.10. The monoisotopic (exact) mass is 283 g/mol. The van der Waals surface area contributed by atoms with Crippen LogP contribution in [0, 0.1) is 6.92 Å². The maximum Gasteiger partial charge on any atom is 0.126 e. The molecule has 1 aliphatic rings. The summed E-state index contributed by atoms with van der Waals surface area (Å²) in [5.74, 6) is 0.987. The van der Waals surface area contributed by atoms with Crippen molar-refractivity contribution in [3.05, 3.63) is 22.3 Å². The van der Waals surface area contributed by atoms with E-state index in [-0.39, 0.29) is 0 Å². The molecule has 1 aliphatic heterocycles. The fraction of sp³-hybridized carbons (Fsp3) is 0.583. The normalized spacial score (nSPS) is 22.1. The van der Waals surface area contributed by atoms with Gasteiger partial charge < -0.3 is 10.2 Å². The summed E-state index contributed by atoms with van der Waals surface area (Å²) >= 11 is 3.47. The van der Waals surface area contributed by atoms with Gasteiger partial charge in [0, 0.05) is 17.1 Å². The van der Waals surface area contributed by atoms with E-state index in [1.54, 1.807) is 0 Å². The van der Waals surface area contributed by atoms with Gasteiger partial charge in [-0.25, -0.2) is 4.98 Å². The SMILES string of the molecule is Cc1nc(NC2CCCN(C)C2)ccc1Br. The average Bonchev–Trinajstić information content (AvgIpc) is 2.24. The van der Waals surface area contributed by atoms with Crippen molar-refractivity contribution in [2.75, 3.05) is 25.5 Å². The van der Waals surface area contributed by atoms with Gasteiger partial charge in [0.1, 0.15) is 5.82 Å². The van der Waals surface area contributed by atoms with Gasteiger partial charge in [0.2, 0.25) is 0 Å². The van der Waals surface area contributed by atoms with Crippen molar-refractivity contribution in [1.82, 2.24) is 9.88 Å². The van der Waals surface area contributed by atoms with Crippen molar-refractivity contribution in [3.8, 4) is 0 Å². The van der Waals surface area contributed by atoms with Crippen LogP contribution < -0.4 is 5.32 Å². The second-order valence-corrected chi connectivity index (χ2v) is 5.36. The number of aryl methyl sites for hydroxylation is 1. The van der Waals surface area contributed by atoms with E-state index in [0.717, 1.165) is 22.5 Å². The van der Waals surface area contributed by atoms with E-state index in [1.807, 2.05) is 13.0 Å². The Labute approximate surface area is 105 Å². The molecule has 3 nitrogen and oxygen atoms in total. The third-order valence-corrected chi connectivity index (χ3v) is 3.84. The number of likely N-dealkylation sites (N-methyl/N-ethyl adjacent to an activating group) is 1. The van der Waals surface area contributed by atoms with E-state index in [4.69, 9.17) is 0 Å². The van der Waals surface area contributed by atoms with Gasteiger partial charge in [-0.1, -0.05) is 0 Å². The molecule has 0 amide bonds. The van der Waals surface area contributed by atoms with Gasteiger partial charge in [-0.15, -0.1) is 0 Å². The molecule has 1 aromatic rings. The predicted molar refractivity (Wildman–Crippen MR) is 70.8 cm³/mol. The van der Waals surface area contributed by atoms with Crippen LogP contribution in [0.1, 0.15) is 18.5 Å². The zero-order chi connectivity index (χ0) is 11.5. The van der Waals surface area contributed by atoms with Crippen LogP contribution in [-0.2, 0) is 0 Å². The molecule has 0 bridgehead atoms. The molecule has 88 valence electrons. The first-order valence-electron chi connectivity index (χ1n) is 5.73. The summed E-state index contributed by atoms with van der Waals surface area (Å²) in [5, 5.41) is 3.51. The molecule has 2 rings (SSSR count). The summed E-state index contributed by atoms with van der Waals surface area (Å²) in [6, 6.07) is 4.62. The van der Waals surface area contributed by atoms with Gasteiger partial charge in [0.05, 0.1) is 5.69 Å². The highest BCUT2D eigenvalue weighted by Gasteiger charge is 2.17. The summed E-state index contributed by atoms with van der Waals surface area (Å²) in [6.07, 6.45) is 2.50. The fourth-order valence-electron chi connectivity index (χ4n) is 2.12. The predicted octanol–water partition coefficient (Wildman–Crippen LogP) is 2.66. The molecule has 1 fully saturated rings. The number of rotatable bonds is 2. The van der Waals surface area contributed by atoms with E-state index in [9.17, 15) is 0 Å². The Morgan fingerprint density at radius 2 is 2.31 bits per heavy atom. The molecule has 1 atom stereocenters. The van der Waals surface area contributed by atoms with Gasteiger partial charge in [-0.2, -0.15) is 0 Å². The molecule has 0 aliphatic carbocycles. The van der Waals surface area contributed by atoms with Crippen molar-refractivity contribution in [2.24, 2.45) is 0 Å². The van der Waals surface area contributed by atoms with E-state index < -0.39 is 0 Å². The lowest BCUT2D eigenvalue weighted by atomic mass is 10.1. The lowest BCUT2D eigenvalue weighted by Crippen LogP contribution is -2.39. The first kappa shape index (κ1) is 11.9. The van der Waals surface area contributed by atoms with Crippen molar-refractivity contribution in [3.63, 3.8) is 0 Å². The van der Waals surface area contributed by atoms with Crippen LogP contribution >= 0.6 is 15.9 Å². The molecular formula is C12H18BrN3. The largest absolute Gasteiger partial charge is 0.366 e. The topological polar surface area (TPSA) is 28.2 Å². The highest BCUT2D eigenvalue weighted by atomic mass is 79.9. The summed E-state index contributed by atoms with van der Waals surface area (Å²) in [6.45, 7) is 4.34. The van der Waals surface area contributed by atoms with Crippen molar-refractivity contribution in [1.29, 1.82) is 0 Å². The van der Waals surface area contributed by atoms with Crippen LogP contribution in [0.5, 0.6) is 0 Å². The first-order chi connectivity index (χ1) is 7.65. The summed E-state index contributed by atoms with van der Waals surface area (Å²) in [4.78, 5) is 6.88. The number of hydrogen-bond acceptors (Lipinski definition) is 3. The Kier molecular flexibility index (Phi) is 3.82. The first-order valence-corrected chi connectivity index (χ1v) is 6.52. The molecule has 2 heterocycles. The Balaban J connectivity index is 2.00. The molecule has 16 heavy (non-hydrogen) atoms. The van der Waals surface area contributed by atoms with E-state index in [0.29, 0.717) is 6.04 Å². The van der Waals surface area contributed by atoms with Gasteiger partial charge in [0.25, 0.3) is 0 Å². The number of aromatic nitrogens is 1. The third-order valence-electron chi connectivity index (χ3n) is 3.00. The smallest absolute Gasteiger partial charge is 0.126 e. The molecule has 0 aromatic carbocycles. The van der Waals surface area contributed by atoms with Crippen molar-refractivity contribution >= 4 is 21.7 Å². The zero-order valence-corrected chi connectivity index (χ0v) is 11.4. The standard InChI is InChI=1S/C12H18BrN3/c1-9-11(13)5-6-12(14-9)15-10-4-3-7-16(2)8-10/h5-6,10H,3-4,7-8H2,1-2H3,(H,14,15). The zero-order valence-electron chi connectivity index (χ0n) is 9.83. The molecule has 0 radical (unpaired) electrons. The van der Waals surface area contributed by atoms with E-state index >= 15 is 0 Å². The van der Waals surface area contributed by atoms with Crippen LogP contribution in [0.25, 0.3) is 0 Å². The Hall–Kier alpha value is -0.610. The molecule has 1 unspecified atom stereocenters. The minimum absolute atomic E-state index is 0.534. The molecule has 1 aromatic heterocycles. The van der Waals surface area contributed by atoms with Crippen LogP contribution in [0.4, 0.5) is 5.82 Å². The van der Waals surface area contributed by atoms with Gasteiger partial charge in [-0.05, 0) is 61.4 Å². The molecule has 0 spiro atoms. The second kappa shape index (κ2) is 5.15. The lowest BCUT2D eigenvalue weighted by Gasteiger charge is -2.30. The minimum Gasteiger partial charge on any atom is -0.366 e. The number of hydrogen-bond donors (Lipinski definition) is 1. The number of piperidine rings is 1. The van der Waals surface area contributed by atoms with Gasteiger partial charge in [-0.3, -0.25) is 0 Å². The number of likely N-dealkylation sites (tertiary alicyclic amines) is 1. The highest BCUT2D eigenvalue weighted by Crippen LogP contribution is 2.18. The molecule has 4 heteroatoms. The van der Waals surface area contributed by atoms with Crippen molar-refractivity contribution in [2.45, 2.75) is 25.8 Å². The molecule has 1 N–H and O–H groups in total. The van der Waals surface area contributed by atoms with Crippen LogP contribution in [0.3, 0.4) is 0 Å². The second-order valence-electron chi connectivity index (χ2n) is 4.51. The number of halogens is 1. The quantitative estimate of drug-likeness (QED) is 0.905. The Bertz CT molecular complexity index is 367. The summed E-state index contributed by atoms with van der Waals surface area (Å²) in [5.41, 5.74) is 1.04. The average molecular weight is 284 g/mol. The summed E-state index contributed by atoms with van der Waals surface area (Å²) < 4.78 is 1.07. The maximum absolute atomic E-state index is 4.52. The number of anilines is 1. The van der Waals surface area contributed by atoms with Gasteiger partial charge >= 0.3 is 0 Å². The van der Waals surface area contributed by atoms with E-state index in [2.05, 4.69) is 44.2 Å². The molecule has 0 saturated carbocycles. The molecule has 1 saturated heterocycles.